The lowest BCUT2D eigenvalue weighted by atomic mass is 10.3. The number of carboxylic acids is 1. The van der Waals surface area contributed by atoms with Gasteiger partial charge < -0.3 is 10.4 Å². The summed E-state index contributed by atoms with van der Waals surface area (Å²) in [6, 6.07) is 0. The highest BCUT2D eigenvalue weighted by molar-refractivity contribution is 8.02. The molecule has 0 aromatic carbocycles. The standard InChI is InChI=1S/C12H14N2O3S2/c1-4-5-13-11(17)8(3)18-12-14-7(2)9(19-12)6-10(15)16/h1,8H,5-6H2,2-3H3,(H,13,17)(H,15,16). The normalized spacial score (nSPS) is 11.6. The molecule has 0 saturated heterocycles. The van der Waals surface area contributed by atoms with Crippen LogP contribution in [-0.4, -0.2) is 33.8 Å². The van der Waals surface area contributed by atoms with Crippen molar-refractivity contribution in [1.29, 1.82) is 0 Å². The molecule has 1 amide bonds. The van der Waals surface area contributed by atoms with Gasteiger partial charge in [0.1, 0.15) is 0 Å². The summed E-state index contributed by atoms with van der Waals surface area (Å²) >= 11 is 2.61. The van der Waals surface area contributed by atoms with Crippen LogP contribution >= 0.6 is 23.1 Å². The average Bonchev–Trinajstić information content (AvgIpc) is 2.65. The molecule has 0 aliphatic rings. The Morgan fingerprint density at radius 3 is 2.89 bits per heavy atom. The van der Waals surface area contributed by atoms with E-state index in [9.17, 15) is 9.59 Å². The minimum absolute atomic E-state index is 0.0399. The highest BCUT2D eigenvalue weighted by Gasteiger charge is 2.18. The van der Waals surface area contributed by atoms with Crippen LogP contribution < -0.4 is 5.32 Å². The molecule has 1 atom stereocenters. The van der Waals surface area contributed by atoms with Crippen molar-refractivity contribution in [1.82, 2.24) is 10.3 Å². The Balaban J connectivity index is 2.65. The third-order valence-electron chi connectivity index (χ3n) is 2.20. The van der Waals surface area contributed by atoms with Gasteiger partial charge in [-0.3, -0.25) is 9.59 Å². The SMILES string of the molecule is C#CCNC(=O)C(C)Sc1nc(C)c(CC(=O)O)s1. The molecule has 102 valence electrons. The molecule has 0 radical (unpaired) electrons. The number of aliphatic carboxylic acids is 1. The van der Waals surface area contributed by atoms with Gasteiger partial charge >= 0.3 is 5.97 Å². The minimum atomic E-state index is -0.886. The van der Waals surface area contributed by atoms with E-state index in [1.807, 2.05) is 0 Å². The van der Waals surface area contributed by atoms with Crippen molar-refractivity contribution >= 4 is 35.0 Å². The summed E-state index contributed by atoms with van der Waals surface area (Å²) in [5.41, 5.74) is 0.700. The summed E-state index contributed by atoms with van der Waals surface area (Å²) in [7, 11) is 0. The van der Waals surface area contributed by atoms with Crippen molar-refractivity contribution in [3.05, 3.63) is 10.6 Å². The second-order valence-corrected chi connectivity index (χ2v) is 6.41. The number of aryl methyl sites for hydroxylation is 1. The zero-order chi connectivity index (χ0) is 14.4. The van der Waals surface area contributed by atoms with Gasteiger partial charge in [0.05, 0.1) is 23.9 Å². The van der Waals surface area contributed by atoms with Crippen molar-refractivity contribution in [2.75, 3.05) is 6.54 Å². The van der Waals surface area contributed by atoms with Gasteiger partial charge in [-0.1, -0.05) is 17.7 Å². The average molecular weight is 298 g/mol. The fourth-order valence-electron chi connectivity index (χ4n) is 1.24. The van der Waals surface area contributed by atoms with Crippen molar-refractivity contribution < 1.29 is 14.7 Å². The van der Waals surface area contributed by atoms with E-state index in [2.05, 4.69) is 16.2 Å². The molecule has 1 rings (SSSR count). The van der Waals surface area contributed by atoms with E-state index in [-0.39, 0.29) is 24.1 Å². The molecule has 19 heavy (non-hydrogen) atoms. The molecule has 0 aliphatic carbocycles. The van der Waals surface area contributed by atoms with Crippen LogP contribution in [0.5, 0.6) is 0 Å². The summed E-state index contributed by atoms with van der Waals surface area (Å²) in [4.78, 5) is 27.3. The fourth-order valence-corrected chi connectivity index (χ4v) is 3.63. The van der Waals surface area contributed by atoms with Crippen molar-refractivity contribution in [2.45, 2.75) is 29.9 Å². The molecular formula is C12H14N2O3S2. The van der Waals surface area contributed by atoms with E-state index < -0.39 is 5.97 Å². The number of rotatable bonds is 6. The van der Waals surface area contributed by atoms with E-state index in [0.29, 0.717) is 14.9 Å². The predicted molar refractivity (Wildman–Crippen MR) is 75.4 cm³/mol. The number of amides is 1. The smallest absolute Gasteiger partial charge is 0.308 e. The van der Waals surface area contributed by atoms with Crippen molar-refractivity contribution in [3.63, 3.8) is 0 Å². The van der Waals surface area contributed by atoms with Gasteiger partial charge in [0.15, 0.2) is 4.34 Å². The van der Waals surface area contributed by atoms with Gasteiger partial charge in [-0.15, -0.1) is 17.8 Å². The number of hydrogen-bond acceptors (Lipinski definition) is 5. The van der Waals surface area contributed by atoms with Crippen LogP contribution in [0.1, 0.15) is 17.5 Å². The van der Waals surface area contributed by atoms with Crippen LogP contribution in [0, 0.1) is 19.3 Å². The molecule has 1 unspecified atom stereocenters. The Morgan fingerprint density at radius 1 is 1.63 bits per heavy atom. The van der Waals surface area contributed by atoms with Gasteiger partial charge in [0.25, 0.3) is 0 Å². The van der Waals surface area contributed by atoms with Crippen LogP contribution in [0.15, 0.2) is 4.34 Å². The number of thioether (sulfide) groups is 1. The zero-order valence-electron chi connectivity index (χ0n) is 10.6. The Morgan fingerprint density at radius 2 is 2.32 bits per heavy atom. The molecule has 7 heteroatoms. The lowest BCUT2D eigenvalue weighted by Crippen LogP contribution is -2.30. The summed E-state index contributed by atoms with van der Waals surface area (Å²) in [5.74, 6) is 1.29. The van der Waals surface area contributed by atoms with E-state index >= 15 is 0 Å². The number of carbonyl (C=O) groups excluding carboxylic acids is 1. The summed E-state index contributed by atoms with van der Waals surface area (Å²) in [6.07, 6.45) is 5.02. The first-order chi connectivity index (χ1) is 8.93. The van der Waals surface area contributed by atoms with E-state index in [0.717, 1.165) is 0 Å². The largest absolute Gasteiger partial charge is 0.481 e. The molecular weight excluding hydrogens is 284 g/mol. The van der Waals surface area contributed by atoms with Crippen molar-refractivity contribution in [3.8, 4) is 12.3 Å². The number of hydrogen-bond donors (Lipinski definition) is 2. The Kier molecular flexibility index (Phi) is 5.86. The Hall–Kier alpha value is -1.52. The molecule has 1 heterocycles. The van der Waals surface area contributed by atoms with Gasteiger partial charge in [-0.25, -0.2) is 4.98 Å². The molecule has 0 bridgehead atoms. The fraction of sp³-hybridized carbons (Fsp3) is 0.417. The van der Waals surface area contributed by atoms with Gasteiger partial charge in [-0.05, 0) is 13.8 Å². The molecule has 1 aromatic heterocycles. The van der Waals surface area contributed by atoms with Crippen molar-refractivity contribution in [2.24, 2.45) is 0 Å². The monoisotopic (exact) mass is 298 g/mol. The van der Waals surface area contributed by atoms with Gasteiger partial charge in [0.2, 0.25) is 5.91 Å². The quantitative estimate of drug-likeness (QED) is 0.611. The maximum absolute atomic E-state index is 11.6. The lowest BCUT2D eigenvalue weighted by molar-refractivity contribution is -0.136. The van der Waals surface area contributed by atoms with Crippen LogP contribution in [0.3, 0.4) is 0 Å². The highest BCUT2D eigenvalue weighted by Crippen LogP contribution is 2.30. The van der Waals surface area contributed by atoms with Crippen LogP contribution in [0.2, 0.25) is 0 Å². The Bertz CT molecular complexity index is 520. The summed E-state index contributed by atoms with van der Waals surface area (Å²) in [5, 5.41) is 11.0. The van der Waals surface area contributed by atoms with E-state index in [1.54, 1.807) is 13.8 Å². The van der Waals surface area contributed by atoms with E-state index in [1.165, 1.54) is 23.1 Å². The number of thiazole rings is 1. The topological polar surface area (TPSA) is 79.3 Å². The molecule has 0 aliphatic heterocycles. The second kappa shape index (κ2) is 7.16. The van der Waals surface area contributed by atoms with Gasteiger partial charge in [-0.2, -0.15) is 0 Å². The Labute approximate surface area is 119 Å². The first-order valence-electron chi connectivity index (χ1n) is 5.50. The first-order valence-corrected chi connectivity index (χ1v) is 7.19. The molecule has 0 saturated carbocycles. The number of nitrogens with one attached hydrogen (secondary N) is 1. The van der Waals surface area contributed by atoms with Crippen LogP contribution in [0.25, 0.3) is 0 Å². The molecule has 0 fully saturated rings. The lowest BCUT2D eigenvalue weighted by Gasteiger charge is -2.07. The predicted octanol–water partition coefficient (Wildman–Crippen LogP) is 1.31. The number of terminal acetylenes is 1. The molecule has 2 N–H and O–H groups in total. The highest BCUT2D eigenvalue weighted by atomic mass is 32.2. The van der Waals surface area contributed by atoms with E-state index in [4.69, 9.17) is 11.5 Å². The molecule has 5 nitrogen and oxygen atoms in total. The second-order valence-electron chi connectivity index (χ2n) is 3.74. The zero-order valence-corrected chi connectivity index (χ0v) is 12.2. The molecule has 0 spiro atoms. The first kappa shape index (κ1) is 15.5. The van der Waals surface area contributed by atoms with Crippen LogP contribution in [0.4, 0.5) is 0 Å². The van der Waals surface area contributed by atoms with Gasteiger partial charge in [0, 0.05) is 4.88 Å². The third kappa shape index (κ3) is 4.93. The number of aromatic nitrogens is 1. The maximum atomic E-state index is 11.6. The minimum Gasteiger partial charge on any atom is -0.481 e. The third-order valence-corrected chi connectivity index (χ3v) is 4.55. The maximum Gasteiger partial charge on any atom is 0.308 e. The number of carbonyl (C=O) groups is 2. The summed E-state index contributed by atoms with van der Waals surface area (Å²) < 4.78 is 0.692. The summed E-state index contributed by atoms with van der Waals surface area (Å²) in [6.45, 7) is 3.72. The van der Waals surface area contributed by atoms with Crippen LogP contribution in [-0.2, 0) is 16.0 Å². The number of carboxylic acid groups (broad SMARTS) is 1. The number of nitrogens with zero attached hydrogens (tertiary/aromatic N) is 1. The molecule has 1 aromatic rings.